The third-order valence-corrected chi connectivity index (χ3v) is 5.22. The second-order valence-electron chi connectivity index (χ2n) is 6.15. The highest BCUT2D eigenvalue weighted by Crippen LogP contribution is 2.40. The van der Waals surface area contributed by atoms with Crippen molar-refractivity contribution in [1.29, 1.82) is 0 Å². The fraction of sp³-hybridized carbons (Fsp3) is 0.158. The van der Waals surface area contributed by atoms with Crippen LogP contribution in [0.4, 0.5) is 5.69 Å². The van der Waals surface area contributed by atoms with Gasteiger partial charge in [0, 0.05) is 29.8 Å². The average molecular weight is 398 g/mol. The summed E-state index contributed by atoms with van der Waals surface area (Å²) in [6.07, 6.45) is 0. The molecule has 126 valence electrons. The highest BCUT2D eigenvalue weighted by Gasteiger charge is 2.37. The van der Waals surface area contributed by atoms with Crippen molar-refractivity contribution in [3.05, 3.63) is 74.7 Å². The minimum absolute atomic E-state index is 0.110. The molecule has 0 fully saturated rings. The molecule has 3 aromatic rings. The Balaban J connectivity index is 2.00. The van der Waals surface area contributed by atoms with Gasteiger partial charge in [0.25, 0.3) is 0 Å². The normalized spacial score (nSPS) is 16.0. The fourth-order valence-electron chi connectivity index (χ4n) is 3.51. The summed E-state index contributed by atoms with van der Waals surface area (Å²) >= 11 is 3.43. The van der Waals surface area contributed by atoms with Crippen LogP contribution in [0, 0.1) is 0 Å². The molecule has 1 atom stereocenters. The number of nitrogens with one attached hydrogen (secondary N) is 1. The number of fused-ring (bicyclic) bond motifs is 1. The maximum Gasteiger partial charge on any atom is 0.328 e. The van der Waals surface area contributed by atoms with Crippen LogP contribution in [0.5, 0.6) is 0 Å². The van der Waals surface area contributed by atoms with Crippen LogP contribution < -0.4 is 11.0 Å². The molecule has 0 saturated carbocycles. The van der Waals surface area contributed by atoms with E-state index in [0.29, 0.717) is 5.69 Å². The molecule has 0 aliphatic carbocycles. The Hall–Kier alpha value is -2.60. The molecule has 1 unspecified atom stereocenters. The number of halogens is 1. The fourth-order valence-corrected chi connectivity index (χ4v) is 3.78. The molecule has 1 aliphatic heterocycles. The lowest BCUT2D eigenvalue weighted by atomic mass is 9.93. The molecule has 1 aromatic heterocycles. The number of para-hydroxylation sites is 1. The van der Waals surface area contributed by atoms with Crippen LogP contribution in [0.3, 0.4) is 0 Å². The number of rotatable bonds is 2. The standard InChI is InChI=1S/C19H16BrN3O2/c1-22-16(11-7-9-12(20)10-8-11)17(23(2)19(22)25)15-13-5-3-4-6-14(13)21-18(15)24/h3-10,15H,1-2H3,(H,21,24). The summed E-state index contributed by atoms with van der Waals surface area (Å²) in [6.45, 7) is 0. The van der Waals surface area contributed by atoms with Gasteiger partial charge in [0.05, 0.1) is 11.4 Å². The monoisotopic (exact) mass is 397 g/mol. The van der Waals surface area contributed by atoms with Gasteiger partial charge in [-0.3, -0.25) is 13.9 Å². The number of carbonyl (C=O) groups is 1. The van der Waals surface area contributed by atoms with Crippen LogP contribution in [0.15, 0.2) is 57.8 Å². The highest BCUT2D eigenvalue weighted by molar-refractivity contribution is 9.10. The van der Waals surface area contributed by atoms with E-state index in [1.165, 1.54) is 0 Å². The Morgan fingerprint density at radius 2 is 1.64 bits per heavy atom. The highest BCUT2D eigenvalue weighted by atomic mass is 79.9. The molecule has 1 N–H and O–H groups in total. The summed E-state index contributed by atoms with van der Waals surface area (Å²) in [4.78, 5) is 25.3. The van der Waals surface area contributed by atoms with Crippen LogP contribution >= 0.6 is 15.9 Å². The number of amides is 1. The second kappa shape index (κ2) is 5.74. The minimum atomic E-state index is -0.506. The lowest BCUT2D eigenvalue weighted by molar-refractivity contribution is -0.116. The molecule has 6 heteroatoms. The Morgan fingerprint density at radius 1 is 0.960 bits per heavy atom. The van der Waals surface area contributed by atoms with Crippen molar-refractivity contribution in [2.45, 2.75) is 5.92 Å². The summed E-state index contributed by atoms with van der Waals surface area (Å²) in [7, 11) is 3.45. The smallest absolute Gasteiger partial charge is 0.325 e. The summed E-state index contributed by atoms with van der Waals surface area (Å²) in [6, 6.07) is 15.4. The van der Waals surface area contributed by atoms with Gasteiger partial charge in [-0.05, 0) is 23.8 Å². The van der Waals surface area contributed by atoms with E-state index in [1.54, 1.807) is 23.2 Å². The number of nitrogens with zero attached hydrogens (tertiary/aromatic N) is 2. The number of aromatic nitrogens is 2. The SMILES string of the molecule is Cn1c(-c2ccc(Br)cc2)c(C2C(=O)Nc3ccccc32)n(C)c1=O. The van der Waals surface area contributed by atoms with Crippen molar-refractivity contribution in [2.24, 2.45) is 14.1 Å². The molecular formula is C19H16BrN3O2. The van der Waals surface area contributed by atoms with Gasteiger partial charge in [-0.15, -0.1) is 0 Å². The molecule has 0 radical (unpaired) electrons. The number of hydrogen-bond acceptors (Lipinski definition) is 2. The van der Waals surface area contributed by atoms with E-state index in [1.807, 2.05) is 48.5 Å². The molecule has 4 rings (SSSR count). The quantitative estimate of drug-likeness (QED) is 0.721. The number of anilines is 1. The summed E-state index contributed by atoms with van der Waals surface area (Å²) in [5, 5.41) is 2.92. The third-order valence-electron chi connectivity index (χ3n) is 4.70. The van der Waals surface area contributed by atoms with Gasteiger partial charge in [0.15, 0.2) is 0 Å². The topological polar surface area (TPSA) is 56.0 Å². The molecule has 25 heavy (non-hydrogen) atoms. The van der Waals surface area contributed by atoms with E-state index in [0.717, 1.165) is 27.0 Å². The van der Waals surface area contributed by atoms with E-state index in [9.17, 15) is 9.59 Å². The Labute approximate surface area is 153 Å². The van der Waals surface area contributed by atoms with Crippen LogP contribution in [0.2, 0.25) is 0 Å². The largest absolute Gasteiger partial charge is 0.328 e. The van der Waals surface area contributed by atoms with Crippen molar-refractivity contribution in [2.75, 3.05) is 5.32 Å². The first kappa shape index (κ1) is 15.9. The van der Waals surface area contributed by atoms with Crippen molar-refractivity contribution in [3.63, 3.8) is 0 Å². The van der Waals surface area contributed by atoms with E-state index in [4.69, 9.17) is 0 Å². The number of hydrogen-bond donors (Lipinski definition) is 1. The zero-order valence-electron chi connectivity index (χ0n) is 13.8. The first-order chi connectivity index (χ1) is 12.0. The minimum Gasteiger partial charge on any atom is -0.325 e. The van der Waals surface area contributed by atoms with E-state index >= 15 is 0 Å². The molecule has 1 aliphatic rings. The average Bonchev–Trinajstić information content (AvgIpc) is 3.04. The Morgan fingerprint density at radius 3 is 2.36 bits per heavy atom. The Kier molecular flexibility index (Phi) is 3.65. The van der Waals surface area contributed by atoms with E-state index < -0.39 is 5.92 Å². The number of carbonyl (C=O) groups excluding carboxylic acids is 1. The molecule has 2 aromatic carbocycles. The molecule has 0 spiro atoms. The predicted octanol–water partition coefficient (Wildman–Crippen LogP) is 3.24. The first-order valence-corrected chi connectivity index (χ1v) is 8.69. The van der Waals surface area contributed by atoms with Gasteiger partial charge in [0.2, 0.25) is 5.91 Å². The van der Waals surface area contributed by atoms with Gasteiger partial charge < -0.3 is 5.32 Å². The van der Waals surface area contributed by atoms with Gasteiger partial charge in [0.1, 0.15) is 5.92 Å². The molecule has 1 amide bonds. The van der Waals surface area contributed by atoms with Crippen LogP contribution in [0.25, 0.3) is 11.3 Å². The Bertz CT molecular complexity index is 1050. The molecule has 5 nitrogen and oxygen atoms in total. The maximum atomic E-state index is 12.7. The summed E-state index contributed by atoms with van der Waals surface area (Å²) < 4.78 is 4.14. The van der Waals surface area contributed by atoms with Gasteiger partial charge in [-0.25, -0.2) is 4.79 Å². The van der Waals surface area contributed by atoms with Crippen molar-refractivity contribution in [1.82, 2.24) is 9.13 Å². The zero-order valence-corrected chi connectivity index (χ0v) is 15.4. The predicted molar refractivity (Wildman–Crippen MR) is 101 cm³/mol. The van der Waals surface area contributed by atoms with Crippen molar-refractivity contribution >= 4 is 27.5 Å². The zero-order chi connectivity index (χ0) is 17.7. The maximum absolute atomic E-state index is 12.7. The van der Waals surface area contributed by atoms with Crippen LogP contribution in [0.1, 0.15) is 17.2 Å². The number of benzene rings is 2. The molecular weight excluding hydrogens is 382 g/mol. The molecule has 0 saturated heterocycles. The summed E-state index contributed by atoms with van der Waals surface area (Å²) in [5.74, 6) is -0.616. The van der Waals surface area contributed by atoms with E-state index in [2.05, 4.69) is 21.2 Å². The molecule has 2 heterocycles. The van der Waals surface area contributed by atoms with Gasteiger partial charge in [-0.2, -0.15) is 0 Å². The molecule has 0 bridgehead atoms. The van der Waals surface area contributed by atoms with E-state index in [-0.39, 0.29) is 11.6 Å². The van der Waals surface area contributed by atoms with Crippen molar-refractivity contribution < 1.29 is 4.79 Å². The second-order valence-corrected chi connectivity index (χ2v) is 7.07. The van der Waals surface area contributed by atoms with Gasteiger partial charge in [-0.1, -0.05) is 46.3 Å². The number of imidazole rings is 1. The third kappa shape index (κ3) is 2.36. The lowest BCUT2D eigenvalue weighted by Crippen LogP contribution is -2.22. The van der Waals surface area contributed by atoms with Crippen LogP contribution in [-0.2, 0) is 18.9 Å². The lowest BCUT2D eigenvalue weighted by Gasteiger charge is -2.13. The van der Waals surface area contributed by atoms with Crippen LogP contribution in [-0.4, -0.2) is 15.0 Å². The summed E-state index contributed by atoms with van der Waals surface area (Å²) in [5.41, 5.74) is 3.91. The van der Waals surface area contributed by atoms with Gasteiger partial charge >= 0.3 is 5.69 Å². The van der Waals surface area contributed by atoms with Crippen molar-refractivity contribution in [3.8, 4) is 11.3 Å². The first-order valence-electron chi connectivity index (χ1n) is 7.90.